The van der Waals surface area contributed by atoms with E-state index in [-0.39, 0.29) is 11.5 Å². The van der Waals surface area contributed by atoms with Gasteiger partial charge in [0.2, 0.25) is 5.82 Å². The molecule has 0 bridgehead atoms. The van der Waals surface area contributed by atoms with Gasteiger partial charge in [-0.1, -0.05) is 17.3 Å². The highest BCUT2D eigenvalue weighted by molar-refractivity contribution is 7.21. The summed E-state index contributed by atoms with van der Waals surface area (Å²) in [5.41, 5.74) is 2.57. The molecule has 2 aromatic carbocycles. The first-order valence-corrected chi connectivity index (χ1v) is 7.66. The Labute approximate surface area is 134 Å². The molecule has 0 aliphatic rings. The molecule has 7 heteroatoms. The molecule has 2 aromatic heterocycles. The van der Waals surface area contributed by atoms with Gasteiger partial charge < -0.3 is 14.7 Å². The molecule has 0 aliphatic carbocycles. The van der Waals surface area contributed by atoms with Crippen LogP contribution in [0.4, 0.5) is 0 Å². The summed E-state index contributed by atoms with van der Waals surface area (Å²) in [5.74, 6) is 0.225. The molecule has 23 heavy (non-hydrogen) atoms. The average molecular weight is 325 g/mol. The fourth-order valence-electron chi connectivity index (χ4n) is 2.27. The van der Waals surface area contributed by atoms with Gasteiger partial charge in [0.1, 0.15) is 0 Å². The van der Waals surface area contributed by atoms with E-state index in [2.05, 4.69) is 15.1 Å². The number of para-hydroxylation sites is 1. The molecule has 114 valence electrons. The fourth-order valence-corrected chi connectivity index (χ4v) is 3.23. The van der Waals surface area contributed by atoms with E-state index in [4.69, 9.17) is 4.52 Å². The van der Waals surface area contributed by atoms with Gasteiger partial charge in [-0.3, -0.25) is 0 Å². The van der Waals surface area contributed by atoms with Crippen molar-refractivity contribution in [2.45, 2.75) is 6.92 Å². The molecule has 0 amide bonds. The van der Waals surface area contributed by atoms with Crippen LogP contribution in [0.15, 0.2) is 40.9 Å². The Balaban J connectivity index is 1.76. The quantitative estimate of drug-likeness (QED) is 0.546. The zero-order chi connectivity index (χ0) is 16.0. The Kier molecular flexibility index (Phi) is 3.02. The van der Waals surface area contributed by atoms with Gasteiger partial charge in [0, 0.05) is 5.56 Å². The minimum Gasteiger partial charge on any atom is -0.504 e. The molecule has 6 nitrogen and oxygen atoms in total. The van der Waals surface area contributed by atoms with Crippen molar-refractivity contribution in [3.63, 3.8) is 0 Å². The van der Waals surface area contributed by atoms with Crippen LogP contribution < -0.4 is 0 Å². The van der Waals surface area contributed by atoms with E-state index in [0.717, 1.165) is 15.8 Å². The Morgan fingerprint density at radius 2 is 1.91 bits per heavy atom. The zero-order valence-corrected chi connectivity index (χ0v) is 12.8. The summed E-state index contributed by atoms with van der Waals surface area (Å²) in [6.45, 7) is 2.00. The summed E-state index contributed by atoms with van der Waals surface area (Å²) in [4.78, 5) is 8.88. The highest BCUT2D eigenvalue weighted by Gasteiger charge is 2.16. The van der Waals surface area contributed by atoms with Crippen LogP contribution in [0.25, 0.3) is 32.5 Å². The van der Waals surface area contributed by atoms with Crippen LogP contribution in [0.2, 0.25) is 0 Å². The maximum atomic E-state index is 9.56. The smallest absolute Gasteiger partial charge is 0.287 e. The van der Waals surface area contributed by atoms with Gasteiger partial charge in [0.25, 0.3) is 5.89 Å². The molecule has 0 unspecified atom stereocenters. The lowest BCUT2D eigenvalue weighted by Gasteiger charge is -1.98. The molecule has 0 saturated carbocycles. The lowest BCUT2D eigenvalue weighted by Crippen LogP contribution is -1.81. The van der Waals surface area contributed by atoms with Crippen LogP contribution in [-0.2, 0) is 0 Å². The monoisotopic (exact) mass is 325 g/mol. The van der Waals surface area contributed by atoms with Crippen molar-refractivity contribution in [3.8, 4) is 33.8 Å². The number of hydrogen-bond donors (Lipinski definition) is 2. The van der Waals surface area contributed by atoms with Crippen molar-refractivity contribution >= 4 is 21.6 Å². The van der Waals surface area contributed by atoms with Crippen LogP contribution in [0, 0.1) is 6.92 Å². The Bertz CT molecular complexity index is 1020. The second-order valence-electron chi connectivity index (χ2n) is 5.07. The largest absolute Gasteiger partial charge is 0.504 e. The van der Waals surface area contributed by atoms with E-state index in [1.807, 2.05) is 25.1 Å². The number of nitrogens with zero attached hydrogens (tertiary/aromatic N) is 3. The second kappa shape index (κ2) is 5.06. The van der Waals surface area contributed by atoms with Crippen molar-refractivity contribution in [2.75, 3.05) is 0 Å². The van der Waals surface area contributed by atoms with E-state index in [1.165, 1.54) is 23.5 Å². The topological polar surface area (TPSA) is 92.3 Å². The highest BCUT2D eigenvalue weighted by atomic mass is 32.1. The normalized spacial score (nSPS) is 11.2. The average Bonchev–Trinajstić information content (AvgIpc) is 3.17. The maximum absolute atomic E-state index is 9.56. The Morgan fingerprint density at radius 3 is 2.70 bits per heavy atom. The predicted molar refractivity (Wildman–Crippen MR) is 86.4 cm³/mol. The van der Waals surface area contributed by atoms with Crippen LogP contribution in [0.5, 0.6) is 11.5 Å². The number of rotatable bonds is 2. The van der Waals surface area contributed by atoms with Gasteiger partial charge in [0.15, 0.2) is 16.5 Å². The van der Waals surface area contributed by atoms with E-state index < -0.39 is 0 Å². The highest BCUT2D eigenvalue weighted by Crippen LogP contribution is 2.33. The Hall–Kier alpha value is -2.93. The molecule has 0 spiro atoms. The number of fused-ring (bicyclic) bond motifs is 1. The first-order valence-electron chi connectivity index (χ1n) is 6.84. The molecule has 4 aromatic rings. The third-order valence-electron chi connectivity index (χ3n) is 3.46. The van der Waals surface area contributed by atoms with Crippen molar-refractivity contribution in [2.24, 2.45) is 0 Å². The van der Waals surface area contributed by atoms with E-state index in [1.54, 1.807) is 6.07 Å². The molecule has 0 radical (unpaired) electrons. The third kappa shape index (κ3) is 2.31. The molecule has 0 atom stereocenters. The van der Waals surface area contributed by atoms with Crippen LogP contribution >= 0.6 is 11.3 Å². The SMILES string of the molecule is Cc1cccc2sc(-c3nc(-c4ccc(O)c(O)c4)no3)nc12. The number of hydrogen-bond acceptors (Lipinski definition) is 7. The molecule has 4 rings (SSSR count). The summed E-state index contributed by atoms with van der Waals surface area (Å²) < 4.78 is 6.34. The summed E-state index contributed by atoms with van der Waals surface area (Å²) in [6, 6.07) is 10.3. The molecule has 0 saturated heterocycles. The number of phenolic OH excluding ortho intramolecular Hbond substituents is 2. The van der Waals surface area contributed by atoms with Gasteiger partial charge in [0.05, 0.1) is 10.2 Å². The number of thiazole rings is 1. The molecular weight excluding hydrogens is 314 g/mol. The van der Waals surface area contributed by atoms with E-state index >= 15 is 0 Å². The van der Waals surface area contributed by atoms with Crippen LogP contribution in [-0.4, -0.2) is 25.3 Å². The summed E-state index contributed by atoms with van der Waals surface area (Å²) in [5, 5.41) is 23.5. The molecule has 2 heterocycles. The first-order chi connectivity index (χ1) is 11.1. The van der Waals surface area contributed by atoms with Crippen molar-refractivity contribution in [1.82, 2.24) is 15.1 Å². The molecule has 2 N–H and O–H groups in total. The van der Waals surface area contributed by atoms with Crippen molar-refractivity contribution < 1.29 is 14.7 Å². The summed E-state index contributed by atoms with van der Waals surface area (Å²) >= 11 is 1.48. The molecule has 0 fully saturated rings. The van der Waals surface area contributed by atoms with Crippen LogP contribution in [0.1, 0.15) is 5.56 Å². The van der Waals surface area contributed by atoms with Crippen LogP contribution in [0.3, 0.4) is 0 Å². The fraction of sp³-hybridized carbons (Fsp3) is 0.0625. The van der Waals surface area contributed by atoms with Gasteiger partial charge in [-0.15, -0.1) is 11.3 Å². The lowest BCUT2D eigenvalue weighted by atomic mass is 10.2. The van der Waals surface area contributed by atoms with Crippen molar-refractivity contribution in [3.05, 3.63) is 42.0 Å². The predicted octanol–water partition coefficient (Wildman–Crippen LogP) is 3.73. The number of phenols is 2. The van der Waals surface area contributed by atoms with E-state index in [9.17, 15) is 10.2 Å². The Morgan fingerprint density at radius 1 is 1.04 bits per heavy atom. The van der Waals surface area contributed by atoms with Gasteiger partial charge in [-0.05, 0) is 36.8 Å². The lowest BCUT2D eigenvalue weighted by molar-refractivity contribution is 0.404. The number of aromatic hydroxyl groups is 2. The second-order valence-corrected chi connectivity index (χ2v) is 6.10. The van der Waals surface area contributed by atoms with Gasteiger partial charge in [-0.25, -0.2) is 4.98 Å². The number of aryl methyl sites for hydroxylation is 1. The summed E-state index contributed by atoms with van der Waals surface area (Å²) in [6.07, 6.45) is 0. The first kappa shape index (κ1) is 13.7. The van der Waals surface area contributed by atoms with Gasteiger partial charge >= 0.3 is 0 Å². The summed E-state index contributed by atoms with van der Waals surface area (Å²) in [7, 11) is 0. The van der Waals surface area contributed by atoms with Crippen molar-refractivity contribution in [1.29, 1.82) is 0 Å². The number of aromatic nitrogens is 3. The van der Waals surface area contributed by atoms with Gasteiger partial charge in [-0.2, -0.15) is 4.98 Å². The van der Waals surface area contributed by atoms with E-state index in [0.29, 0.717) is 22.3 Å². The standard InChI is InChI=1S/C16H11N3O3S/c1-8-3-2-4-12-13(8)17-16(23-12)15-18-14(19-22-15)9-5-6-10(20)11(21)7-9/h2-7,20-21H,1H3. The zero-order valence-electron chi connectivity index (χ0n) is 12.0. The maximum Gasteiger partial charge on any atom is 0.287 e. The minimum absolute atomic E-state index is 0.195. The minimum atomic E-state index is -0.232. The molecular formula is C16H11N3O3S. The third-order valence-corrected chi connectivity index (χ3v) is 4.47. The molecule has 0 aliphatic heterocycles. The number of benzene rings is 2.